The van der Waals surface area contributed by atoms with Gasteiger partial charge in [0, 0.05) is 5.69 Å². The fourth-order valence-electron chi connectivity index (χ4n) is 1.18. The van der Waals surface area contributed by atoms with Gasteiger partial charge in [0.15, 0.2) is 0 Å². The van der Waals surface area contributed by atoms with Crippen LogP contribution in [0.15, 0.2) is 18.2 Å². The molecule has 1 rings (SSSR count). The molecule has 94 valence electrons. The van der Waals surface area contributed by atoms with Gasteiger partial charge in [-0.25, -0.2) is 0 Å². The van der Waals surface area contributed by atoms with Gasteiger partial charge in [-0.05, 0) is 31.5 Å². The summed E-state index contributed by atoms with van der Waals surface area (Å²) >= 11 is 0. The molecule has 0 unspecified atom stereocenters. The molecule has 1 atom stereocenters. The number of carbonyl (C=O) groups excluding carboxylic acids is 1. The van der Waals surface area contributed by atoms with E-state index < -0.39 is 23.7 Å². The summed E-state index contributed by atoms with van der Waals surface area (Å²) in [5, 5.41) is 2.36. The zero-order valence-electron chi connectivity index (χ0n) is 9.43. The zero-order chi connectivity index (χ0) is 13.2. The molecule has 0 aliphatic rings. The van der Waals surface area contributed by atoms with Gasteiger partial charge >= 0.3 is 6.18 Å². The number of alkyl halides is 3. The van der Waals surface area contributed by atoms with E-state index in [9.17, 15) is 18.0 Å². The lowest BCUT2D eigenvalue weighted by Gasteiger charge is -2.13. The van der Waals surface area contributed by atoms with Crippen molar-refractivity contribution >= 4 is 11.6 Å². The number of anilines is 1. The minimum atomic E-state index is -4.43. The first-order chi connectivity index (χ1) is 7.71. The summed E-state index contributed by atoms with van der Waals surface area (Å²) in [6, 6.07) is 2.40. The van der Waals surface area contributed by atoms with Gasteiger partial charge in [0.05, 0.1) is 11.6 Å². The fourth-order valence-corrected chi connectivity index (χ4v) is 1.18. The van der Waals surface area contributed by atoms with Crippen LogP contribution in [0.3, 0.4) is 0 Å². The summed E-state index contributed by atoms with van der Waals surface area (Å²) in [4.78, 5) is 11.3. The number of nitrogens with two attached hydrogens (primary N) is 1. The van der Waals surface area contributed by atoms with Crippen LogP contribution >= 0.6 is 0 Å². The van der Waals surface area contributed by atoms with Gasteiger partial charge in [-0.3, -0.25) is 4.79 Å². The van der Waals surface area contributed by atoms with Crippen LogP contribution in [0.5, 0.6) is 0 Å². The lowest BCUT2D eigenvalue weighted by atomic mass is 10.1. The molecule has 0 aliphatic carbocycles. The van der Waals surface area contributed by atoms with Gasteiger partial charge < -0.3 is 11.1 Å². The molecule has 0 aliphatic heterocycles. The first-order valence-electron chi connectivity index (χ1n) is 4.96. The maximum Gasteiger partial charge on any atom is 0.416 e. The molecule has 1 aromatic rings. The molecule has 0 bridgehead atoms. The Kier molecular flexibility index (Phi) is 3.77. The lowest BCUT2D eigenvalue weighted by Crippen LogP contribution is -2.32. The van der Waals surface area contributed by atoms with Crippen LogP contribution in [0.4, 0.5) is 18.9 Å². The van der Waals surface area contributed by atoms with Gasteiger partial charge in [0.1, 0.15) is 0 Å². The molecule has 0 saturated heterocycles. The normalized spacial score (nSPS) is 13.3. The predicted molar refractivity (Wildman–Crippen MR) is 58.5 cm³/mol. The van der Waals surface area contributed by atoms with Crippen LogP contribution in [-0.4, -0.2) is 11.9 Å². The highest BCUT2D eigenvalue weighted by molar-refractivity contribution is 5.95. The summed E-state index contributed by atoms with van der Waals surface area (Å²) in [7, 11) is 0. The van der Waals surface area contributed by atoms with Crippen LogP contribution in [0, 0.1) is 6.92 Å². The maximum atomic E-state index is 12.5. The van der Waals surface area contributed by atoms with Crippen LogP contribution in [-0.2, 0) is 11.0 Å². The molecule has 0 saturated carbocycles. The largest absolute Gasteiger partial charge is 0.416 e. The molecule has 0 radical (unpaired) electrons. The van der Waals surface area contributed by atoms with E-state index in [1.54, 1.807) is 6.92 Å². The minimum absolute atomic E-state index is 0.127. The monoisotopic (exact) mass is 246 g/mol. The number of carbonyl (C=O) groups is 1. The van der Waals surface area contributed by atoms with Crippen LogP contribution in [0.1, 0.15) is 18.1 Å². The SMILES string of the molecule is Cc1ccc(C(F)(F)F)cc1NC(=O)[C@H](C)N. The minimum Gasteiger partial charge on any atom is -0.324 e. The van der Waals surface area contributed by atoms with Crippen molar-refractivity contribution < 1.29 is 18.0 Å². The Morgan fingerprint density at radius 1 is 1.41 bits per heavy atom. The fraction of sp³-hybridized carbons (Fsp3) is 0.364. The highest BCUT2D eigenvalue weighted by atomic mass is 19.4. The Bertz CT molecular complexity index is 427. The van der Waals surface area contributed by atoms with Gasteiger partial charge in [0.2, 0.25) is 5.91 Å². The second kappa shape index (κ2) is 4.75. The molecule has 0 aromatic heterocycles. The van der Waals surface area contributed by atoms with Crippen molar-refractivity contribution in [2.24, 2.45) is 5.73 Å². The molecule has 0 heterocycles. The summed E-state index contributed by atoms with van der Waals surface area (Å²) in [6.07, 6.45) is -4.43. The van der Waals surface area contributed by atoms with Gasteiger partial charge in [0.25, 0.3) is 0 Å². The average molecular weight is 246 g/mol. The van der Waals surface area contributed by atoms with Crippen molar-refractivity contribution in [1.82, 2.24) is 0 Å². The third-order valence-corrected chi connectivity index (χ3v) is 2.24. The Hall–Kier alpha value is -1.56. The van der Waals surface area contributed by atoms with Crippen LogP contribution in [0.2, 0.25) is 0 Å². The van der Waals surface area contributed by atoms with Crippen LogP contribution < -0.4 is 11.1 Å². The van der Waals surface area contributed by atoms with E-state index >= 15 is 0 Å². The topological polar surface area (TPSA) is 55.1 Å². The third-order valence-electron chi connectivity index (χ3n) is 2.24. The van der Waals surface area contributed by atoms with E-state index in [0.29, 0.717) is 5.56 Å². The molecule has 6 heteroatoms. The average Bonchev–Trinajstić information content (AvgIpc) is 2.19. The highest BCUT2D eigenvalue weighted by Gasteiger charge is 2.30. The first-order valence-corrected chi connectivity index (χ1v) is 4.96. The first kappa shape index (κ1) is 13.5. The summed E-state index contributed by atoms with van der Waals surface area (Å²) in [5.74, 6) is -0.521. The van der Waals surface area contributed by atoms with Crippen molar-refractivity contribution in [2.45, 2.75) is 26.1 Å². The quantitative estimate of drug-likeness (QED) is 0.841. The van der Waals surface area contributed by atoms with E-state index in [1.807, 2.05) is 0 Å². The van der Waals surface area contributed by atoms with E-state index in [-0.39, 0.29) is 5.69 Å². The molecule has 0 spiro atoms. The molecule has 1 amide bonds. The van der Waals surface area contributed by atoms with Gasteiger partial charge in [-0.2, -0.15) is 13.2 Å². The maximum absolute atomic E-state index is 12.5. The molecular formula is C11H13F3N2O. The summed E-state index contributed by atoms with van der Waals surface area (Å²) in [6.45, 7) is 3.06. The molecule has 3 N–H and O–H groups in total. The molecule has 17 heavy (non-hydrogen) atoms. The number of hydrogen-bond acceptors (Lipinski definition) is 2. The van der Waals surface area contributed by atoms with Gasteiger partial charge in [-0.15, -0.1) is 0 Å². The van der Waals surface area contributed by atoms with Crippen molar-refractivity contribution in [3.63, 3.8) is 0 Å². The van der Waals surface area contributed by atoms with E-state index in [0.717, 1.165) is 12.1 Å². The second-order valence-electron chi connectivity index (χ2n) is 3.81. The highest BCUT2D eigenvalue weighted by Crippen LogP contribution is 2.31. The number of halogens is 3. The zero-order valence-corrected chi connectivity index (χ0v) is 9.43. The summed E-state index contributed by atoms with van der Waals surface area (Å²) in [5.41, 5.74) is 5.20. The summed E-state index contributed by atoms with van der Waals surface area (Å²) < 4.78 is 37.4. The van der Waals surface area contributed by atoms with E-state index in [2.05, 4.69) is 5.32 Å². The van der Waals surface area contributed by atoms with Crippen molar-refractivity contribution in [3.05, 3.63) is 29.3 Å². The van der Waals surface area contributed by atoms with E-state index in [1.165, 1.54) is 13.0 Å². The molecule has 3 nitrogen and oxygen atoms in total. The number of nitrogens with one attached hydrogen (secondary N) is 1. The number of rotatable bonds is 2. The van der Waals surface area contributed by atoms with Gasteiger partial charge in [-0.1, -0.05) is 6.07 Å². The van der Waals surface area contributed by atoms with Crippen molar-refractivity contribution in [2.75, 3.05) is 5.32 Å². The number of amides is 1. The second-order valence-corrected chi connectivity index (χ2v) is 3.81. The Labute approximate surface area is 96.8 Å². The Balaban J connectivity index is 3.03. The van der Waals surface area contributed by atoms with Crippen LogP contribution in [0.25, 0.3) is 0 Å². The molecule has 0 fully saturated rings. The third kappa shape index (κ3) is 3.45. The van der Waals surface area contributed by atoms with Crippen molar-refractivity contribution in [1.29, 1.82) is 0 Å². The number of benzene rings is 1. The molecular weight excluding hydrogens is 233 g/mol. The smallest absolute Gasteiger partial charge is 0.324 e. The lowest BCUT2D eigenvalue weighted by molar-refractivity contribution is -0.137. The Morgan fingerprint density at radius 3 is 2.47 bits per heavy atom. The standard InChI is InChI=1S/C11H13F3N2O/c1-6-3-4-8(11(12,13)14)5-9(6)16-10(17)7(2)15/h3-5,7H,15H2,1-2H3,(H,16,17)/t7-/m0/s1. The van der Waals surface area contributed by atoms with Crippen molar-refractivity contribution in [3.8, 4) is 0 Å². The van der Waals surface area contributed by atoms with E-state index in [4.69, 9.17) is 5.73 Å². The number of hydrogen-bond donors (Lipinski definition) is 2. The predicted octanol–water partition coefficient (Wildman–Crippen LogP) is 2.30. The molecule has 1 aromatic carbocycles. The number of aryl methyl sites for hydroxylation is 1. The Morgan fingerprint density at radius 2 is 2.00 bits per heavy atom.